The zero-order valence-corrected chi connectivity index (χ0v) is 6.96. The summed E-state index contributed by atoms with van der Waals surface area (Å²) in [5.74, 6) is 3.39. The Morgan fingerprint density at radius 1 is 1.50 bits per heavy atom. The van der Waals surface area contributed by atoms with Gasteiger partial charge in [0.25, 0.3) is 0 Å². The lowest BCUT2D eigenvalue weighted by Gasteiger charge is -2.26. The first-order chi connectivity index (χ1) is 5.92. The second-order valence-corrected chi connectivity index (χ2v) is 3.24. The molecule has 1 saturated carbocycles. The molecule has 0 unspecified atom stereocenters. The number of nitrogens with zero attached hydrogens (tertiary/aromatic N) is 1. The van der Waals surface area contributed by atoms with Crippen molar-refractivity contribution in [2.75, 3.05) is 0 Å². The van der Waals surface area contributed by atoms with Crippen molar-refractivity contribution in [3.8, 4) is 12.3 Å². The van der Waals surface area contributed by atoms with E-state index in [2.05, 4.69) is 10.9 Å². The van der Waals surface area contributed by atoms with Gasteiger partial charge in [-0.2, -0.15) is 0 Å². The summed E-state index contributed by atoms with van der Waals surface area (Å²) in [5, 5.41) is 0. The topological polar surface area (TPSA) is 12.9 Å². The van der Waals surface area contributed by atoms with Crippen molar-refractivity contribution in [2.24, 2.45) is 0 Å². The largest absolute Gasteiger partial charge is 0.264 e. The third kappa shape index (κ3) is 1.10. The normalized spacial score (nSPS) is 16.6. The molecule has 2 rings (SSSR count). The van der Waals surface area contributed by atoms with E-state index in [1.807, 2.05) is 12.3 Å². The molecule has 0 amide bonds. The average molecular weight is 157 g/mol. The van der Waals surface area contributed by atoms with Crippen molar-refractivity contribution in [1.82, 2.24) is 4.98 Å². The van der Waals surface area contributed by atoms with Gasteiger partial charge in [-0.25, -0.2) is 0 Å². The maximum atomic E-state index is 5.39. The van der Waals surface area contributed by atoms with Crippen molar-refractivity contribution >= 4 is 0 Å². The predicted octanol–water partition coefficient (Wildman–Crippen LogP) is 2.33. The first-order valence-electron chi connectivity index (χ1n) is 4.32. The predicted molar refractivity (Wildman–Crippen MR) is 48.8 cm³/mol. The molecule has 1 fully saturated rings. The summed E-state index contributed by atoms with van der Waals surface area (Å²) in [5.41, 5.74) is 2.29. The fourth-order valence-corrected chi connectivity index (χ4v) is 1.58. The van der Waals surface area contributed by atoms with Crippen molar-refractivity contribution in [1.29, 1.82) is 0 Å². The van der Waals surface area contributed by atoms with E-state index in [1.54, 1.807) is 6.20 Å². The molecule has 0 aliphatic heterocycles. The second kappa shape index (κ2) is 2.98. The molecule has 0 atom stereocenters. The highest BCUT2D eigenvalue weighted by atomic mass is 14.6. The Morgan fingerprint density at radius 2 is 2.33 bits per heavy atom. The SMILES string of the molecule is C#Cc1ccncc1C1CCC1. The molecular formula is C11H11N. The Kier molecular flexibility index (Phi) is 1.83. The van der Waals surface area contributed by atoms with E-state index in [-0.39, 0.29) is 0 Å². The van der Waals surface area contributed by atoms with E-state index in [4.69, 9.17) is 6.42 Å². The van der Waals surface area contributed by atoms with Gasteiger partial charge < -0.3 is 0 Å². The quantitative estimate of drug-likeness (QED) is 0.570. The fraction of sp³-hybridized carbons (Fsp3) is 0.364. The van der Waals surface area contributed by atoms with Gasteiger partial charge in [0.2, 0.25) is 0 Å². The lowest BCUT2D eigenvalue weighted by atomic mass is 9.79. The monoisotopic (exact) mass is 157 g/mol. The fourth-order valence-electron chi connectivity index (χ4n) is 1.58. The molecule has 1 nitrogen and oxygen atoms in total. The van der Waals surface area contributed by atoms with Crippen LogP contribution in [-0.2, 0) is 0 Å². The minimum atomic E-state index is 0.685. The van der Waals surface area contributed by atoms with E-state index >= 15 is 0 Å². The Hall–Kier alpha value is -1.29. The van der Waals surface area contributed by atoms with E-state index < -0.39 is 0 Å². The Balaban J connectivity index is 2.35. The summed E-state index contributed by atoms with van der Waals surface area (Å²) in [7, 11) is 0. The molecule has 0 aromatic carbocycles. The summed E-state index contributed by atoms with van der Waals surface area (Å²) in [6, 6.07) is 1.92. The average Bonchev–Trinajstić information content (AvgIpc) is 2.02. The number of pyridine rings is 1. The summed E-state index contributed by atoms with van der Waals surface area (Å²) in [4.78, 5) is 4.10. The lowest BCUT2D eigenvalue weighted by molar-refractivity contribution is 0.418. The van der Waals surface area contributed by atoms with Gasteiger partial charge in [0, 0.05) is 18.0 Å². The van der Waals surface area contributed by atoms with Crippen LogP contribution >= 0.6 is 0 Å². The summed E-state index contributed by atoms with van der Waals surface area (Å²) in [6.07, 6.45) is 13.0. The number of terminal acetylenes is 1. The zero-order chi connectivity index (χ0) is 8.39. The Labute approximate surface area is 72.8 Å². The lowest BCUT2D eigenvalue weighted by Crippen LogP contribution is -2.10. The van der Waals surface area contributed by atoms with Crippen LogP contribution in [0.5, 0.6) is 0 Å². The highest BCUT2D eigenvalue weighted by Crippen LogP contribution is 2.37. The third-order valence-electron chi connectivity index (χ3n) is 2.55. The van der Waals surface area contributed by atoms with Crippen molar-refractivity contribution in [2.45, 2.75) is 25.2 Å². The second-order valence-electron chi connectivity index (χ2n) is 3.24. The van der Waals surface area contributed by atoms with Crippen LogP contribution in [0.25, 0.3) is 0 Å². The molecular weight excluding hydrogens is 146 g/mol. The van der Waals surface area contributed by atoms with Crippen molar-refractivity contribution < 1.29 is 0 Å². The number of aromatic nitrogens is 1. The van der Waals surface area contributed by atoms with E-state index in [9.17, 15) is 0 Å². The van der Waals surface area contributed by atoms with Crippen LogP contribution in [-0.4, -0.2) is 4.98 Å². The van der Waals surface area contributed by atoms with Gasteiger partial charge in [-0.15, -0.1) is 6.42 Å². The number of hydrogen-bond acceptors (Lipinski definition) is 1. The minimum Gasteiger partial charge on any atom is -0.264 e. The van der Waals surface area contributed by atoms with Crippen LogP contribution in [0.15, 0.2) is 18.5 Å². The van der Waals surface area contributed by atoms with Gasteiger partial charge in [0.05, 0.1) is 0 Å². The molecule has 1 aromatic rings. The van der Waals surface area contributed by atoms with Gasteiger partial charge in [-0.3, -0.25) is 4.98 Å². The summed E-state index contributed by atoms with van der Waals surface area (Å²) < 4.78 is 0. The molecule has 0 bridgehead atoms. The van der Waals surface area contributed by atoms with Crippen LogP contribution in [0.4, 0.5) is 0 Å². The van der Waals surface area contributed by atoms with Crippen LogP contribution in [0.3, 0.4) is 0 Å². The molecule has 12 heavy (non-hydrogen) atoms. The van der Waals surface area contributed by atoms with Gasteiger partial charge in [0.15, 0.2) is 0 Å². The summed E-state index contributed by atoms with van der Waals surface area (Å²) >= 11 is 0. The van der Waals surface area contributed by atoms with E-state index in [0.29, 0.717) is 5.92 Å². The van der Waals surface area contributed by atoms with Gasteiger partial charge in [-0.05, 0) is 30.4 Å². The van der Waals surface area contributed by atoms with E-state index in [1.165, 1.54) is 24.8 Å². The molecule has 0 radical (unpaired) electrons. The van der Waals surface area contributed by atoms with Crippen LogP contribution in [0.2, 0.25) is 0 Å². The molecule has 1 heterocycles. The first kappa shape index (κ1) is 7.36. The number of rotatable bonds is 1. The smallest absolute Gasteiger partial charge is 0.0315 e. The van der Waals surface area contributed by atoms with Crippen molar-refractivity contribution in [3.63, 3.8) is 0 Å². The van der Waals surface area contributed by atoms with Crippen LogP contribution in [0.1, 0.15) is 36.3 Å². The Bertz CT molecular complexity index is 318. The number of hydrogen-bond donors (Lipinski definition) is 0. The molecule has 60 valence electrons. The summed E-state index contributed by atoms with van der Waals surface area (Å²) in [6.45, 7) is 0. The van der Waals surface area contributed by atoms with Gasteiger partial charge >= 0.3 is 0 Å². The van der Waals surface area contributed by atoms with Crippen LogP contribution < -0.4 is 0 Å². The molecule has 1 aliphatic rings. The zero-order valence-electron chi connectivity index (χ0n) is 6.96. The molecule has 1 aromatic heterocycles. The molecule has 1 heteroatoms. The highest BCUT2D eigenvalue weighted by Gasteiger charge is 2.21. The third-order valence-corrected chi connectivity index (χ3v) is 2.55. The molecule has 0 spiro atoms. The molecule has 1 aliphatic carbocycles. The molecule has 0 saturated heterocycles. The van der Waals surface area contributed by atoms with E-state index in [0.717, 1.165) is 5.56 Å². The van der Waals surface area contributed by atoms with Crippen LogP contribution in [0, 0.1) is 12.3 Å². The Morgan fingerprint density at radius 3 is 2.92 bits per heavy atom. The minimum absolute atomic E-state index is 0.685. The maximum Gasteiger partial charge on any atom is 0.0315 e. The highest BCUT2D eigenvalue weighted by molar-refractivity contribution is 5.40. The molecule has 0 N–H and O–H groups in total. The first-order valence-corrected chi connectivity index (χ1v) is 4.32. The maximum absolute atomic E-state index is 5.39. The van der Waals surface area contributed by atoms with Gasteiger partial charge in [0.1, 0.15) is 0 Å². The van der Waals surface area contributed by atoms with Crippen molar-refractivity contribution in [3.05, 3.63) is 29.6 Å². The van der Waals surface area contributed by atoms with Gasteiger partial charge in [-0.1, -0.05) is 12.3 Å². The standard InChI is InChI=1S/C11H11N/c1-2-9-6-7-12-8-11(9)10-4-3-5-10/h1,6-8,10H,3-5H2.